The van der Waals surface area contributed by atoms with Crippen LogP contribution in [-0.2, 0) is 4.79 Å². The van der Waals surface area contributed by atoms with Crippen LogP contribution in [0.3, 0.4) is 0 Å². The Balaban J connectivity index is 2.26. The third kappa shape index (κ3) is 2.96. The number of hydrogen-bond donors (Lipinski definition) is 2. The van der Waals surface area contributed by atoms with E-state index in [0.29, 0.717) is 12.5 Å². The zero-order valence-electron chi connectivity index (χ0n) is 8.91. The van der Waals surface area contributed by atoms with Crippen LogP contribution in [0.1, 0.15) is 32.6 Å². The van der Waals surface area contributed by atoms with Crippen LogP contribution in [-0.4, -0.2) is 36.0 Å². The standard InChI is InChI=1S/C10H21N3O/c1-2-8-4-3-6-13(8)7-5-9(11)10(12)14/h8-9H,2-7,11H2,1H3,(H2,12,14). The lowest BCUT2D eigenvalue weighted by Gasteiger charge is -2.23. The third-order valence-electron chi connectivity index (χ3n) is 3.06. The lowest BCUT2D eigenvalue weighted by Crippen LogP contribution is -2.40. The molecule has 1 aliphatic heterocycles. The van der Waals surface area contributed by atoms with Crippen molar-refractivity contribution in [1.29, 1.82) is 0 Å². The SMILES string of the molecule is CCC1CCCN1CCC(N)C(N)=O. The molecule has 1 amide bonds. The van der Waals surface area contributed by atoms with Crippen molar-refractivity contribution in [2.45, 2.75) is 44.7 Å². The average molecular weight is 199 g/mol. The second-order valence-electron chi connectivity index (χ2n) is 4.04. The van der Waals surface area contributed by atoms with Gasteiger partial charge >= 0.3 is 0 Å². The zero-order valence-corrected chi connectivity index (χ0v) is 8.91. The van der Waals surface area contributed by atoms with Gasteiger partial charge < -0.3 is 16.4 Å². The Morgan fingerprint density at radius 1 is 1.64 bits per heavy atom. The smallest absolute Gasteiger partial charge is 0.234 e. The molecule has 0 aliphatic carbocycles. The van der Waals surface area contributed by atoms with Gasteiger partial charge in [-0.15, -0.1) is 0 Å². The summed E-state index contributed by atoms with van der Waals surface area (Å²) in [6.07, 6.45) is 4.42. The highest BCUT2D eigenvalue weighted by Crippen LogP contribution is 2.19. The van der Waals surface area contributed by atoms with Gasteiger partial charge in [-0.1, -0.05) is 6.92 Å². The van der Waals surface area contributed by atoms with Crippen LogP contribution in [0.15, 0.2) is 0 Å². The molecule has 1 heterocycles. The Hall–Kier alpha value is -0.610. The Labute approximate surface area is 85.6 Å². The number of nitrogens with two attached hydrogens (primary N) is 2. The molecule has 82 valence electrons. The van der Waals surface area contributed by atoms with Gasteiger partial charge in [0.05, 0.1) is 6.04 Å². The van der Waals surface area contributed by atoms with Gasteiger partial charge in [0.2, 0.25) is 5.91 Å². The largest absolute Gasteiger partial charge is 0.368 e. The first-order valence-corrected chi connectivity index (χ1v) is 5.44. The number of carbonyl (C=O) groups excluding carboxylic acids is 1. The summed E-state index contributed by atoms with van der Waals surface area (Å²) in [5, 5.41) is 0. The van der Waals surface area contributed by atoms with E-state index in [4.69, 9.17) is 11.5 Å². The molecule has 0 aromatic rings. The molecule has 1 aliphatic rings. The van der Waals surface area contributed by atoms with Crippen molar-refractivity contribution in [2.75, 3.05) is 13.1 Å². The average Bonchev–Trinajstić information content (AvgIpc) is 2.60. The first-order valence-electron chi connectivity index (χ1n) is 5.44. The monoisotopic (exact) mass is 199 g/mol. The van der Waals surface area contributed by atoms with Crippen LogP contribution in [0, 0.1) is 0 Å². The van der Waals surface area contributed by atoms with Crippen LogP contribution in [0.2, 0.25) is 0 Å². The first kappa shape index (κ1) is 11.5. The molecule has 1 rings (SSSR count). The molecule has 2 atom stereocenters. The quantitative estimate of drug-likeness (QED) is 0.658. The van der Waals surface area contributed by atoms with E-state index >= 15 is 0 Å². The van der Waals surface area contributed by atoms with Crippen molar-refractivity contribution in [1.82, 2.24) is 4.90 Å². The summed E-state index contributed by atoms with van der Waals surface area (Å²) >= 11 is 0. The minimum atomic E-state index is -0.479. The third-order valence-corrected chi connectivity index (χ3v) is 3.06. The maximum absolute atomic E-state index is 10.7. The number of rotatable bonds is 5. The van der Waals surface area contributed by atoms with E-state index in [0.717, 1.165) is 13.1 Å². The van der Waals surface area contributed by atoms with E-state index in [-0.39, 0.29) is 0 Å². The molecule has 0 radical (unpaired) electrons. The van der Waals surface area contributed by atoms with Crippen molar-refractivity contribution in [3.63, 3.8) is 0 Å². The summed E-state index contributed by atoms with van der Waals surface area (Å²) in [6.45, 7) is 4.25. The molecule has 0 aromatic carbocycles. The van der Waals surface area contributed by atoms with Crippen molar-refractivity contribution in [3.05, 3.63) is 0 Å². The van der Waals surface area contributed by atoms with E-state index in [1.165, 1.54) is 19.3 Å². The highest BCUT2D eigenvalue weighted by atomic mass is 16.1. The predicted octanol–water partition coefficient (Wildman–Crippen LogP) is 0.0635. The van der Waals surface area contributed by atoms with Crippen molar-refractivity contribution < 1.29 is 4.79 Å². The van der Waals surface area contributed by atoms with Gasteiger partial charge in [0.15, 0.2) is 0 Å². The topological polar surface area (TPSA) is 72.3 Å². The predicted molar refractivity (Wildman–Crippen MR) is 56.7 cm³/mol. The molecule has 2 unspecified atom stereocenters. The molecule has 0 aromatic heterocycles. The molecule has 1 fully saturated rings. The molecule has 0 spiro atoms. The van der Waals surface area contributed by atoms with Crippen molar-refractivity contribution in [2.24, 2.45) is 11.5 Å². The number of likely N-dealkylation sites (tertiary alicyclic amines) is 1. The van der Waals surface area contributed by atoms with Gasteiger partial charge in [-0.05, 0) is 32.2 Å². The highest BCUT2D eigenvalue weighted by Gasteiger charge is 2.23. The fourth-order valence-corrected chi connectivity index (χ4v) is 2.10. The normalized spacial score (nSPS) is 25.1. The van der Waals surface area contributed by atoms with Crippen LogP contribution in [0.4, 0.5) is 0 Å². The molecule has 0 saturated carbocycles. The van der Waals surface area contributed by atoms with Crippen LogP contribution in [0.25, 0.3) is 0 Å². The minimum absolute atomic E-state index is 0.391. The van der Waals surface area contributed by atoms with E-state index in [1.807, 2.05) is 0 Å². The van der Waals surface area contributed by atoms with Gasteiger partial charge in [0, 0.05) is 12.6 Å². The summed E-state index contributed by atoms with van der Waals surface area (Å²) in [4.78, 5) is 13.2. The summed E-state index contributed by atoms with van der Waals surface area (Å²) < 4.78 is 0. The Morgan fingerprint density at radius 2 is 2.36 bits per heavy atom. The summed E-state index contributed by atoms with van der Waals surface area (Å²) in [5.74, 6) is -0.391. The highest BCUT2D eigenvalue weighted by molar-refractivity contribution is 5.79. The molecule has 4 N–H and O–H groups in total. The Morgan fingerprint density at radius 3 is 2.93 bits per heavy atom. The molecular formula is C10H21N3O. The number of nitrogens with zero attached hydrogens (tertiary/aromatic N) is 1. The minimum Gasteiger partial charge on any atom is -0.368 e. The first-order chi connectivity index (χ1) is 6.65. The van der Waals surface area contributed by atoms with Crippen LogP contribution < -0.4 is 11.5 Å². The molecule has 1 saturated heterocycles. The lowest BCUT2D eigenvalue weighted by molar-refractivity contribution is -0.119. The lowest BCUT2D eigenvalue weighted by atomic mass is 10.1. The number of carbonyl (C=O) groups is 1. The second-order valence-corrected chi connectivity index (χ2v) is 4.04. The Bertz CT molecular complexity index is 196. The fraction of sp³-hybridized carbons (Fsp3) is 0.900. The maximum Gasteiger partial charge on any atom is 0.234 e. The molecule has 0 bridgehead atoms. The number of hydrogen-bond acceptors (Lipinski definition) is 3. The molecular weight excluding hydrogens is 178 g/mol. The Kier molecular flexibility index (Phi) is 4.35. The van der Waals surface area contributed by atoms with Crippen molar-refractivity contribution >= 4 is 5.91 Å². The van der Waals surface area contributed by atoms with E-state index < -0.39 is 11.9 Å². The van der Waals surface area contributed by atoms with Gasteiger partial charge in [-0.2, -0.15) is 0 Å². The van der Waals surface area contributed by atoms with Gasteiger partial charge in [-0.3, -0.25) is 4.79 Å². The van der Waals surface area contributed by atoms with E-state index in [1.54, 1.807) is 0 Å². The number of primary amides is 1. The van der Waals surface area contributed by atoms with Gasteiger partial charge in [-0.25, -0.2) is 0 Å². The molecule has 14 heavy (non-hydrogen) atoms. The summed E-state index contributed by atoms with van der Waals surface area (Å²) in [5.41, 5.74) is 10.7. The zero-order chi connectivity index (χ0) is 10.6. The molecule has 4 heteroatoms. The van der Waals surface area contributed by atoms with Crippen LogP contribution in [0.5, 0.6) is 0 Å². The van der Waals surface area contributed by atoms with Crippen molar-refractivity contribution in [3.8, 4) is 0 Å². The van der Waals surface area contributed by atoms with E-state index in [2.05, 4.69) is 11.8 Å². The second kappa shape index (κ2) is 5.32. The van der Waals surface area contributed by atoms with Gasteiger partial charge in [0.1, 0.15) is 0 Å². The summed E-state index contributed by atoms with van der Waals surface area (Å²) in [7, 11) is 0. The summed E-state index contributed by atoms with van der Waals surface area (Å²) in [6, 6.07) is 0.211. The molecule has 4 nitrogen and oxygen atoms in total. The fourth-order valence-electron chi connectivity index (χ4n) is 2.10. The van der Waals surface area contributed by atoms with Gasteiger partial charge in [0.25, 0.3) is 0 Å². The number of amides is 1. The van der Waals surface area contributed by atoms with E-state index in [9.17, 15) is 4.79 Å². The van der Waals surface area contributed by atoms with Crippen LogP contribution >= 0.6 is 0 Å². The maximum atomic E-state index is 10.7.